The summed E-state index contributed by atoms with van der Waals surface area (Å²) in [6.07, 6.45) is 1.85. The molecule has 0 aliphatic heterocycles. The number of benzene rings is 1. The molecule has 0 fully saturated rings. The van der Waals surface area contributed by atoms with Gasteiger partial charge in [-0.05, 0) is 29.2 Å². The summed E-state index contributed by atoms with van der Waals surface area (Å²) in [5, 5.41) is 1.15. The zero-order chi connectivity index (χ0) is 8.39. The number of fused-ring (bicyclic) bond motifs is 1. The van der Waals surface area contributed by atoms with Crippen LogP contribution < -0.4 is 5.90 Å². The molecule has 62 valence electrons. The molecule has 2 aromatic rings. The highest BCUT2D eigenvalue weighted by molar-refractivity contribution is 7.13. The standard InChI is InChI=1S/C8H8N2OS/c9-11-5-6-1-2-8-7(3-6)4-10-12-8/h1-4H,5,9H2. The summed E-state index contributed by atoms with van der Waals surface area (Å²) in [6, 6.07) is 6.06. The number of nitrogens with two attached hydrogens (primary N) is 1. The number of aromatic nitrogens is 1. The minimum Gasteiger partial charge on any atom is -0.300 e. The third kappa shape index (κ3) is 1.32. The van der Waals surface area contributed by atoms with Crippen molar-refractivity contribution in [2.45, 2.75) is 6.61 Å². The molecule has 0 unspecified atom stereocenters. The van der Waals surface area contributed by atoms with Gasteiger partial charge in [-0.3, -0.25) is 4.84 Å². The fourth-order valence-electron chi connectivity index (χ4n) is 1.11. The van der Waals surface area contributed by atoms with Crippen molar-refractivity contribution in [3.63, 3.8) is 0 Å². The summed E-state index contributed by atoms with van der Waals surface area (Å²) in [5.41, 5.74) is 1.07. The van der Waals surface area contributed by atoms with Gasteiger partial charge in [-0.1, -0.05) is 6.07 Å². The molecule has 0 saturated carbocycles. The van der Waals surface area contributed by atoms with Gasteiger partial charge in [-0.15, -0.1) is 0 Å². The van der Waals surface area contributed by atoms with E-state index in [1.807, 2.05) is 24.4 Å². The van der Waals surface area contributed by atoms with Crippen molar-refractivity contribution in [2.24, 2.45) is 5.90 Å². The van der Waals surface area contributed by atoms with Crippen LogP contribution in [0.1, 0.15) is 5.56 Å². The van der Waals surface area contributed by atoms with Crippen LogP contribution in [-0.2, 0) is 11.4 Å². The van der Waals surface area contributed by atoms with E-state index in [0.717, 1.165) is 10.9 Å². The van der Waals surface area contributed by atoms with Crippen molar-refractivity contribution in [1.29, 1.82) is 0 Å². The Hall–Kier alpha value is -0.970. The molecular formula is C8H8N2OS. The number of hydrogen-bond acceptors (Lipinski definition) is 4. The van der Waals surface area contributed by atoms with Crippen LogP contribution in [0.3, 0.4) is 0 Å². The van der Waals surface area contributed by atoms with Crippen molar-refractivity contribution >= 4 is 21.6 Å². The van der Waals surface area contributed by atoms with Crippen LogP contribution in [0.2, 0.25) is 0 Å². The molecule has 1 heterocycles. The molecule has 1 aromatic carbocycles. The van der Waals surface area contributed by atoms with Crippen LogP contribution >= 0.6 is 11.5 Å². The van der Waals surface area contributed by atoms with E-state index in [1.165, 1.54) is 16.2 Å². The second-order valence-corrected chi connectivity index (χ2v) is 3.34. The highest BCUT2D eigenvalue weighted by Gasteiger charge is 1.97. The minimum atomic E-state index is 0.450. The van der Waals surface area contributed by atoms with Crippen molar-refractivity contribution in [1.82, 2.24) is 4.37 Å². The largest absolute Gasteiger partial charge is 0.300 e. The maximum absolute atomic E-state index is 4.97. The Labute approximate surface area is 73.9 Å². The van der Waals surface area contributed by atoms with E-state index in [1.54, 1.807) is 0 Å². The molecule has 1 aromatic heterocycles. The molecule has 0 aliphatic rings. The van der Waals surface area contributed by atoms with Crippen molar-refractivity contribution in [3.05, 3.63) is 30.0 Å². The Morgan fingerprint density at radius 3 is 3.25 bits per heavy atom. The molecule has 0 radical (unpaired) electrons. The van der Waals surface area contributed by atoms with Gasteiger partial charge in [0.25, 0.3) is 0 Å². The smallest absolute Gasteiger partial charge is 0.0930 e. The van der Waals surface area contributed by atoms with Gasteiger partial charge in [0.2, 0.25) is 0 Å². The van der Waals surface area contributed by atoms with Crippen LogP contribution in [0.15, 0.2) is 24.4 Å². The summed E-state index contributed by atoms with van der Waals surface area (Å²) in [5.74, 6) is 4.97. The molecule has 0 aliphatic carbocycles. The topological polar surface area (TPSA) is 48.1 Å². The van der Waals surface area contributed by atoms with Gasteiger partial charge in [0.05, 0.1) is 11.3 Å². The van der Waals surface area contributed by atoms with Crippen molar-refractivity contribution in [2.75, 3.05) is 0 Å². The molecule has 12 heavy (non-hydrogen) atoms. The lowest BCUT2D eigenvalue weighted by molar-refractivity contribution is 0.124. The summed E-state index contributed by atoms with van der Waals surface area (Å²) in [6.45, 7) is 0.450. The van der Waals surface area contributed by atoms with Gasteiger partial charge < -0.3 is 0 Å². The van der Waals surface area contributed by atoms with Crippen LogP contribution in [0.5, 0.6) is 0 Å². The lowest BCUT2D eigenvalue weighted by atomic mass is 10.2. The van der Waals surface area contributed by atoms with Crippen molar-refractivity contribution < 1.29 is 4.84 Å². The Morgan fingerprint density at radius 1 is 1.50 bits per heavy atom. The predicted molar refractivity (Wildman–Crippen MR) is 48.6 cm³/mol. The third-order valence-electron chi connectivity index (χ3n) is 1.67. The average molecular weight is 180 g/mol. The maximum Gasteiger partial charge on any atom is 0.0930 e. The number of rotatable bonds is 2. The van der Waals surface area contributed by atoms with Gasteiger partial charge in [0.15, 0.2) is 0 Å². The van der Waals surface area contributed by atoms with Crippen LogP contribution in [0.4, 0.5) is 0 Å². The Balaban J connectivity index is 2.46. The number of nitrogens with zero attached hydrogens (tertiary/aromatic N) is 1. The first-order valence-corrected chi connectivity index (χ1v) is 4.32. The lowest BCUT2D eigenvalue weighted by Gasteiger charge is -1.97. The molecule has 4 heteroatoms. The molecule has 0 amide bonds. The van der Waals surface area contributed by atoms with Gasteiger partial charge >= 0.3 is 0 Å². The van der Waals surface area contributed by atoms with E-state index >= 15 is 0 Å². The Kier molecular flexibility index (Phi) is 2.03. The zero-order valence-corrected chi connectivity index (χ0v) is 7.17. The van der Waals surface area contributed by atoms with E-state index in [4.69, 9.17) is 5.90 Å². The molecule has 0 saturated heterocycles. The van der Waals surface area contributed by atoms with Gasteiger partial charge in [0.1, 0.15) is 0 Å². The van der Waals surface area contributed by atoms with Gasteiger partial charge in [-0.25, -0.2) is 5.90 Å². The molecule has 0 atom stereocenters. The van der Waals surface area contributed by atoms with Gasteiger partial charge in [-0.2, -0.15) is 4.37 Å². The van der Waals surface area contributed by atoms with Crippen LogP contribution in [0, 0.1) is 0 Å². The fourth-order valence-corrected chi connectivity index (χ4v) is 1.73. The van der Waals surface area contributed by atoms with Crippen LogP contribution in [-0.4, -0.2) is 4.37 Å². The fraction of sp³-hybridized carbons (Fsp3) is 0.125. The summed E-state index contributed by atoms with van der Waals surface area (Å²) >= 11 is 1.49. The summed E-state index contributed by atoms with van der Waals surface area (Å²) in [7, 11) is 0. The normalized spacial score (nSPS) is 10.8. The Bertz CT molecular complexity index is 385. The zero-order valence-electron chi connectivity index (χ0n) is 6.36. The van der Waals surface area contributed by atoms with E-state index < -0.39 is 0 Å². The maximum atomic E-state index is 4.97. The molecule has 0 spiro atoms. The van der Waals surface area contributed by atoms with E-state index in [0.29, 0.717) is 6.61 Å². The minimum absolute atomic E-state index is 0.450. The Morgan fingerprint density at radius 2 is 2.42 bits per heavy atom. The predicted octanol–water partition coefficient (Wildman–Crippen LogP) is 1.69. The second-order valence-electron chi connectivity index (χ2n) is 2.51. The van der Waals surface area contributed by atoms with Gasteiger partial charge in [0, 0.05) is 11.6 Å². The second kappa shape index (κ2) is 3.18. The first-order chi connectivity index (χ1) is 5.90. The first-order valence-electron chi connectivity index (χ1n) is 3.55. The molecular weight excluding hydrogens is 172 g/mol. The summed E-state index contributed by atoms with van der Waals surface area (Å²) in [4.78, 5) is 4.54. The summed E-state index contributed by atoms with van der Waals surface area (Å²) < 4.78 is 5.26. The molecule has 0 bridgehead atoms. The monoisotopic (exact) mass is 180 g/mol. The SMILES string of the molecule is NOCc1ccc2sncc2c1. The van der Waals surface area contributed by atoms with E-state index in [-0.39, 0.29) is 0 Å². The molecule has 2 rings (SSSR count). The highest BCUT2D eigenvalue weighted by Crippen LogP contribution is 2.19. The molecule has 3 nitrogen and oxygen atoms in total. The first kappa shape index (κ1) is 7.67. The lowest BCUT2D eigenvalue weighted by Crippen LogP contribution is -1.98. The van der Waals surface area contributed by atoms with E-state index in [2.05, 4.69) is 9.21 Å². The quantitative estimate of drug-likeness (QED) is 0.715. The highest BCUT2D eigenvalue weighted by atomic mass is 32.1. The molecule has 2 N–H and O–H groups in total. The van der Waals surface area contributed by atoms with Crippen LogP contribution in [0.25, 0.3) is 10.1 Å². The third-order valence-corrected chi connectivity index (χ3v) is 2.45. The van der Waals surface area contributed by atoms with E-state index in [9.17, 15) is 0 Å². The number of hydrogen-bond donors (Lipinski definition) is 1. The average Bonchev–Trinajstić information content (AvgIpc) is 2.51. The van der Waals surface area contributed by atoms with Crippen molar-refractivity contribution in [3.8, 4) is 0 Å².